The Bertz CT molecular complexity index is 905. The predicted octanol–water partition coefficient (Wildman–Crippen LogP) is 0.876. The lowest BCUT2D eigenvalue weighted by molar-refractivity contribution is 0.0595. The summed E-state index contributed by atoms with van der Waals surface area (Å²) in [6.45, 7) is 9.65. The van der Waals surface area contributed by atoms with Crippen molar-refractivity contribution in [2.75, 3.05) is 26.2 Å². The van der Waals surface area contributed by atoms with Gasteiger partial charge in [0.15, 0.2) is 0 Å². The van der Waals surface area contributed by atoms with Crippen molar-refractivity contribution in [2.24, 2.45) is 0 Å². The van der Waals surface area contributed by atoms with Crippen molar-refractivity contribution in [3.05, 3.63) is 44.5 Å². The van der Waals surface area contributed by atoms with Crippen LogP contribution < -0.4 is 11.1 Å². The van der Waals surface area contributed by atoms with Gasteiger partial charge in [0.2, 0.25) is 0 Å². The van der Waals surface area contributed by atoms with Gasteiger partial charge in [0, 0.05) is 44.3 Å². The maximum Gasteiger partial charge on any atom is 0.316 e. The molecule has 3 rings (SSSR count). The third-order valence-electron chi connectivity index (χ3n) is 4.87. The molecule has 1 aromatic carbocycles. The zero-order valence-corrected chi connectivity index (χ0v) is 14.9. The normalized spacial score (nSPS) is 15.9. The van der Waals surface area contributed by atoms with Gasteiger partial charge in [0.25, 0.3) is 5.91 Å². The number of nitrogens with zero attached hydrogens (tertiary/aromatic N) is 3. The summed E-state index contributed by atoms with van der Waals surface area (Å²) in [5.41, 5.74) is 0.442. The summed E-state index contributed by atoms with van der Waals surface area (Å²) in [6.07, 6.45) is 0. The van der Waals surface area contributed by atoms with Crippen LogP contribution in [0.25, 0.3) is 11.0 Å². The van der Waals surface area contributed by atoms with Crippen molar-refractivity contribution >= 4 is 16.9 Å². The number of rotatable bonds is 3. The lowest BCUT2D eigenvalue weighted by Crippen LogP contribution is -2.50. The van der Waals surface area contributed by atoms with Crippen LogP contribution in [0.15, 0.2) is 27.8 Å². The molecule has 134 valence electrons. The van der Waals surface area contributed by atoms with E-state index >= 15 is 0 Å². The Morgan fingerprint density at radius 3 is 2.44 bits per heavy atom. The van der Waals surface area contributed by atoms with E-state index in [-0.39, 0.29) is 5.91 Å². The highest BCUT2D eigenvalue weighted by Gasteiger charge is 2.23. The van der Waals surface area contributed by atoms with Crippen LogP contribution in [-0.2, 0) is 6.54 Å². The fourth-order valence-corrected chi connectivity index (χ4v) is 3.35. The van der Waals surface area contributed by atoms with Crippen LogP contribution in [0.2, 0.25) is 0 Å². The monoisotopic (exact) mass is 344 g/mol. The van der Waals surface area contributed by atoms with Gasteiger partial charge in [-0.15, -0.1) is 0 Å². The fourth-order valence-electron chi connectivity index (χ4n) is 3.35. The average molecular weight is 344 g/mol. The minimum atomic E-state index is -0.663. The Morgan fingerprint density at radius 1 is 1.16 bits per heavy atom. The molecule has 7 nitrogen and oxygen atoms in total. The summed E-state index contributed by atoms with van der Waals surface area (Å²) >= 11 is 0. The molecule has 1 saturated heterocycles. The van der Waals surface area contributed by atoms with Gasteiger partial charge >= 0.3 is 11.1 Å². The van der Waals surface area contributed by atoms with E-state index in [0.717, 1.165) is 13.1 Å². The molecule has 25 heavy (non-hydrogen) atoms. The van der Waals surface area contributed by atoms with Gasteiger partial charge in [-0.2, -0.15) is 0 Å². The topological polar surface area (TPSA) is 78.4 Å². The van der Waals surface area contributed by atoms with Crippen LogP contribution in [0.5, 0.6) is 0 Å². The summed E-state index contributed by atoms with van der Waals surface area (Å²) in [4.78, 5) is 43.3. The molecule has 2 heterocycles. The van der Waals surface area contributed by atoms with Crippen LogP contribution in [0, 0.1) is 0 Å². The van der Waals surface area contributed by atoms with Gasteiger partial charge in [-0.3, -0.25) is 19.3 Å². The van der Waals surface area contributed by atoms with Crippen molar-refractivity contribution in [3.63, 3.8) is 0 Å². The Labute approximate surface area is 145 Å². The van der Waals surface area contributed by atoms with Gasteiger partial charge in [-0.25, -0.2) is 0 Å². The smallest absolute Gasteiger partial charge is 0.316 e. The zero-order chi connectivity index (χ0) is 18.1. The van der Waals surface area contributed by atoms with Crippen LogP contribution in [-0.4, -0.2) is 57.5 Å². The van der Waals surface area contributed by atoms with E-state index in [9.17, 15) is 14.4 Å². The van der Waals surface area contributed by atoms with Gasteiger partial charge in [0.1, 0.15) is 0 Å². The highest BCUT2D eigenvalue weighted by atomic mass is 16.2. The molecule has 0 saturated carbocycles. The molecule has 0 unspecified atom stereocenters. The number of carbonyl (C=O) groups is 1. The molecule has 1 amide bonds. The number of H-pyrrole nitrogens is 1. The number of hydrogen-bond donors (Lipinski definition) is 1. The maximum atomic E-state index is 12.8. The van der Waals surface area contributed by atoms with E-state index in [0.29, 0.717) is 42.3 Å². The molecule has 1 aromatic heterocycles. The first kappa shape index (κ1) is 17.4. The molecule has 0 atom stereocenters. The van der Waals surface area contributed by atoms with E-state index in [1.807, 2.05) is 11.8 Å². The predicted molar refractivity (Wildman–Crippen MR) is 97.1 cm³/mol. The van der Waals surface area contributed by atoms with Crippen molar-refractivity contribution in [1.82, 2.24) is 19.4 Å². The van der Waals surface area contributed by atoms with Crippen molar-refractivity contribution in [1.29, 1.82) is 0 Å². The summed E-state index contributed by atoms with van der Waals surface area (Å²) < 4.78 is 1.42. The minimum Gasteiger partial charge on any atom is -0.336 e. The van der Waals surface area contributed by atoms with Gasteiger partial charge < -0.3 is 14.5 Å². The highest BCUT2D eigenvalue weighted by Crippen LogP contribution is 2.15. The van der Waals surface area contributed by atoms with Crippen LogP contribution in [0.4, 0.5) is 0 Å². The zero-order valence-electron chi connectivity index (χ0n) is 14.9. The number of hydrogen-bond acceptors (Lipinski definition) is 4. The van der Waals surface area contributed by atoms with Gasteiger partial charge in [-0.05, 0) is 39.0 Å². The van der Waals surface area contributed by atoms with Crippen molar-refractivity contribution in [2.45, 2.75) is 33.4 Å². The average Bonchev–Trinajstić information content (AvgIpc) is 2.62. The van der Waals surface area contributed by atoms with Gasteiger partial charge in [0.05, 0.1) is 11.0 Å². The Morgan fingerprint density at radius 2 is 1.84 bits per heavy atom. The van der Waals surface area contributed by atoms with E-state index in [1.54, 1.807) is 18.2 Å². The molecule has 1 aliphatic heterocycles. The number of amides is 1. The lowest BCUT2D eigenvalue weighted by Gasteiger charge is -2.37. The van der Waals surface area contributed by atoms with E-state index in [1.165, 1.54) is 4.57 Å². The van der Waals surface area contributed by atoms with E-state index in [2.05, 4.69) is 23.7 Å². The summed E-state index contributed by atoms with van der Waals surface area (Å²) in [7, 11) is 0. The second-order valence-electron chi connectivity index (χ2n) is 6.66. The SMILES string of the molecule is CCn1c(=O)c(=O)[nH]c2cc(C(=O)N3CCN(C(C)C)CC3)ccc21. The first-order chi connectivity index (χ1) is 11.9. The lowest BCUT2D eigenvalue weighted by atomic mass is 10.1. The molecule has 7 heteroatoms. The number of carbonyl (C=O) groups excluding carboxylic acids is 1. The maximum absolute atomic E-state index is 12.8. The summed E-state index contributed by atoms with van der Waals surface area (Å²) in [5, 5.41) is 0. The number of piperazine rings is 1. The minimum absolute atomic E-state index is 0.0413. The summed E-state index contributed by atoms with van der Waals surface area (Å²) in [6, 6.07) is 5.60. The standard InChI is InChI=1S/C18H24N4O3/c1-4-22-15-6-5-13(11-14(15)19-16(23)18(22)25)17(24)21-9-7-20(8-10-21)12(2)3/h5-6,11-12H,4,7-10H2,1-3H3,(H,19,23). The van der Waals surface area contributed by atoms with Gasteiger partial charge in [-0.1, -0.05) is 0 Å². The Hall–Kier alpha value is -2.41. The van der Waals surface area contributed by atoms with Crippen LogP contribution in [0.3, 0.4) is 0 Å². The molecule has 0 aliphatic carbocycles. The number of nitrogens with one attached hydrogen (secondary N) is 1. The third-order valence-corrected chi connectivity index (χ3v) is 4.87. The first-order valence-electron chi connectivity index (χ1n) is 8.72. The highest BCUT2D eigenvalue weighted by molar-refractivity contribution is 5.97. The van der Waals surface area contributed by atoms with Crippen LogP contribution >= 0.6 is 0 Å². The number of benzene rings is 1. The van der Waals surface area contributed by atoms with Crippen LogP contribution in [0.1, 0.15) is 31.1 Å². The number of aryl methyl sites for hydroxylation is 1. The molecule has 1 aliphatic rings. The molecule has 0 bridgehead atoms. The second-order valence-corrected chi connectivity index (χ2v) is 6.66. The number of aromatic amines is 1. The first-order valence-corrected chi connectivity index (χ1v) is 8.72. The van der Waals surface area contributed by atoms with Crippen molar-refractivity contribution in [3.8, 4) is 0 Å². The van der Waals surface area contributed by atoms with E-state index < -0.39 is 11.1 Å². The Balaban J connectivity index is 1.90. The molecular weight excluding hydrogens is 320 g/mol. The molecule has 1 fully saturated rings. The Kier molecular flexibility index (Phi) is 4.76. The summed E-state index contributed by atoms with van der Waals surface area (Å²) in [5.74, 6) is -0.0413. The molecular formula is C18H24N4O3. The largest absolute Gasteiger partial charge is 0.336 e. The second kappa shape index (κ2) is 6.84. The molecule has 1 N–H and O–H groups in total. The number of fused-ring (bicyclic) bond motifs is 1. The third kappa shape index (κ3) is 3.24. The quantitative estimate of drug-likeness (QED) is 0.839. The molecule has 0 spiro atoms. The fraction of sp³-hybridized carbons (Fsp3) is 0.500. The van der Waals surface area contributed by atoms with E-state index in [4.69, 9.17) is 0 Å². The van der Waals surface area contributed by atoms with Crippen molar-refractivity contribution < 1.29 is 4.79 Å². The molecule has 2 aromatic rings. The molecule has 0 radical (unpaired) electrons. The number of aromatic nitrogens is 2.